The molecule has 3 heterocycles. The standard InChI is InChI=1S/C23H31N5O2/c1-18(16-19-6-3-2-4-7-19)17-27-12-10-22-26-25-21(28(22)14-13-27)9-11-24-23(29)20-8-5-15-30-20/h2-4,6-7,16,20H,5,8-15,17H2,1H3,(H,24,29)/b18-16+/t20-/m1/s1. The van der Waals surface area contributed by atoms with Crippen LogP contribution in [-0.2, 0) is 28.9 Å². The molecule has 1 aromatic carbocycles. The largest absolute Gasteiger partial charge is 0.368 e. The van der Waals surface area contributed by atoms with Crippen LogP contribution in [0.2, 0.25) is 0 Å². The van der Waals surface area contributed by atoms with Crippen molar-refractivity contribution in [3.8, 4) is 0 Å². The Morgan fingerprint density at radius 2 is 2.10 bits per heavy atom. The van der Waals surface area contributed by atoms with Gasteiger partial charge in [0, 0.05) is 52.2 Å². The highest BCUT2D eigenvalue weighted by Crippen LogP contribution is 2.14. The van der Waals surface area contributed by atoms with Crippen LogP contribution in [0.25, 0.3) is 6.08 Å². The van der Waals surface area contributed by atoms with E-state index < -0.39 is 0 Å². The van der Waals surface area contributed by atoms with E-state index >= 15 is 0 Å². The van der Waals surface area contributed by atoms with Crippen molar-refractivity contribution in [3.05, 3.63) is 53.1 Å². The molecule has 1 aromatic heterocycles. The van der Waals surface area contributed by atoms with Gasteiger partial charge in [0.1, 0.15) is 17.8 Å². The Bertz CT molecular complexity index is 871. The molecule has 4 rings (SSSR count). The molecule has 2 aliphatic rings. The van der Waals surface area contributed by atoms with Crippen LogP contribution < -0.4 is 5.32 Å². The lowest BCUT2D eigenvalue weighted by atomic mass is 10.1. The molecule has 1 atom stereocenters. The minimum absolute atomic E-state index is 0.00467. The third kappa shape index (κ3) is 5.34. The monoisotopic (exact) mass is 409 g/mol. The lowest BCUT2D eigenvalue weighted by Gasteiger charge is -2.20. The number of hydrogen-bond donors (Lipinski definition) is 1. The SMILES string of the molecule is C/C(=C\c1ccccc1)CN1CCc2nnc(CCNC(=O)[C@H]3CCCO3)n2CC1. The number of benzene rings is 1. The number of nitrogens with one attached hydrogen (secondary N) is 1. The molecule has 0 saturated carbocycles. The van der Waals surface area contributed by atoms with Crippen LogP contribution in [0.1, 0.15) is 37.0 Å². The molecule has 0 radical (unpaired) electrons. The zero-order chi connectivity index (χ0) is 20.8. The summed E-state index contributed by atoms with van der Waals surface area (Å²) >= 11 is 0. The van der Waals surface area contributed by atoms with Gasteiger partial charge in [-0.2, -0.15) is 0 Å². The maximum absolute atomic E-state index is 12.1. The second-order valence-electron chi connectivity index (χ2n) is 8.15. The topological polar surface area (TPSA) is 72.3 Å². The smallest absolute Gasteiger partial charge is 0.249 e. The zero-order valence-electron chi connectivity index (χ0n) is 17.7. The van der Waals surface area contributed by atoms with Crippen molar-refractivity contribution >= 4 is 12.0 Å². The maximum Gasteiger partial charge on any atom is 0.249 e. The van der Waals surface area contributed by atoms with E-state index in [1.165, 1.54) is 11.1 Å². The van der Waals surface area contributed by atoms with Crippen molar-refractivity contribution in [3.63, 3.8) is 0 Å². The summed E-state index contributed by atoms with van der Waals surface area (Å²) in [7, 11) is 0. The Morgan fingerprint density at radius 1 is 1.23 bits per heavy atom. The van der Waals surface area contributed by atoms with Crippen molar-refractivity contribution in [1.29, 1.82) is 0 Å². The summed E-state index contributed by atoms with van der Waals surface area (Å²) in [5.41, 5.74) is 2.60. The molecule has 2 aliphatic heterocycles. The van der Waals surface area contributed by atoms with Gasteiger partial charge >= 0.3 is 0 Å². The average Bonchev–Trinajstić information content (AvgIpc) is 3.37. The molecule has 7 heteroatoms. The molecule has 1 amide bonds. The van der Waals surface area contributed by atoms with Gasteiger partial charge in [0.2, 0.25) is 5.91 Å². The highest BCUT2D eigenvalue weighted by Gasteiger charge is 2.23. The van der Waals surface area contributed by atoms with Gasteiger partial charge in [-0.15, -0.1) is 10.2 Å². The number of hydrogen-bond acceptors (Lipinski definition) is 5. The van der Waals surface area contributed by atoms with Crippen LogP contribution in [0.15, 0.2) is 35.9 Å². The summed E-state index contributed by atoms with van der Waals surface area (Å²) in [6, 6.07) is 10.5. The van der Waals surface area contributed by atoms with Crippen LogP contribution in [0.3, 0.4) is 0 Å². The van der Waals surface area contributed by atoms with Crippen LogP contribution in [0, 0.1) is 0 Å². The first-order valence-electron chi connectivity index (χ1n) is 10.9. The van der Waals surface area contributed by atoms with Crippen molar-refractivity contribution in [1.82, 2.24) is 25.0 Å². The summed E-state index contributed by atoms with van der Waals surface area (Å²) in [5, 5.41) is 11.8. The van der Waals surface area contributed by atoms with Crippen LogP contribution in [-0.4, -0.2) is 64.5 Å². The Balaban J connectivity index is 1.28. The van der Waals surface area contributed by atoms with E-state index in [2.05, 4.69) is 62.2 Å². The van der Waals surface area contributed by atoms with Gasteiger partial charge < -0.3 is 14.6 Å². The molecule has 30 heavy (non-hydrogen) atoms. The van der Waals surface area contributed by atoms with Crippen molar-refractivity contribution < 1.29 is 9.53 Å². The number of aromatic nitrogens is 3. The van der Waals surface area contributed by atoms with Gasteiger partial charge in [-0.05, 0) is 25.3 Å². The van der Waals surface area contributed by atoms with E-state index in [0.29, 0.717) is 19.6 Å². The lowest BCUT2D eigenvalue weighted by Crippen LogP contribution is -2.35. The summed E-state index contributed by atoms with van der Waals surface area (Å²) in [6.45, 7) is 7.25. The number of ether oxygens (including phenoxy) is 1. The molecule has 0 spiro atoms. The van der Waals surface area contributed by atoms with Crippen molar-refractivity contribution in [2.75, 3.05) is 32.8 Å². The second kappa shape index (κ2) is 10.00. The molecule has 160 valence electrons. The molecule has 0 bridgehead atoms. The normalized spacial score (nSPS) is 20.0. The molecular formula is C23H31N5O2. The van der Waals surface area contributed by atoms with E-state index in [4.69, 9.17) is 4.74 Å². The Labute approximate surface area is 178 Å². The number of carbonyl (C=O) groups is 1. The second-order valence-corrected chi connectivity index (χ2v) is 8.15. The average molecular weight is 410 g/mol. The minimum atomic E-state index is -0.277. The summed E-state index contributed by atoms with van der Waals surface area (Å²) in [5.74, 6) is 1.99. The molecular weight excluding hydrogens is 378 g/mol. The van der Waals surface area contributed by atoms with Gasteiger partial charge in [-0.1, -0.05) is 42.0 Å². The first-order valence-corrected chi connectivity index (χ1v) is 10.9. The fourth-order valence-corrected chi connectivity index (χ4v) is 4.20. The van der Waals surface area contributed by atoms with E-state index in [1.54, 1.807) is 0 Å². The van der Waals surface area contributed by atoms with Crippen LogP contribution in [0.5, 0.6) is 0 Å². The van der Waals surface area contributed by atoms with E-state index in [-0.39, 0.29) is 12.0 Å². The maximum atomic E-state index is 12.1. The number of carbonyl (C=O) groups excluding carboxylic acids is 1. The summed E-state index contributed by atoms with van der Waals surface area (Å²) in [6.07, 6.45) is 5.35. The third-order valence-electron chi connectivity index (χ3n) is 5.75. The Kier molecular flexibility index (Phi) is 6.92. The van der Waals surface area contributed by atoms with E-state index in [9.17, 15) is 4.79 Å². The van der Waals surface area contributed by atoms with Gasteiger partial charge in [-0.3, -0.25) is 9.69 Å². The molecule has 0 unspecified atom stereocenters. The van der Waals surface area contributed by atoms with Crippen molar-refractivity contribution in [2.24, 2.45) is 0 Å². The fourth-order valence-electron chi connectivity index (χ4n) is 4.20. The molecule has 1 saturated heterocycles. The number of amides is 1. The molecule has 1 fully saturated rings. The minimum Gasteiger partial charge on any atom is -0.368 e. The highest BCUT2D eigenvalue weighted by molar-refractivity contribution is 5.80. The number of fused-ring (bicyclic) bond motifs is 1. The lowest BCUT2D eigenvalue weighted by molar-refractivity contribution is -0.130. The first-order chi connectivity index (χ1) is 14.7. The summed E-state index contributed by atoms with van der Waals surface area (Å²) < 4.78 is 7.67. The fraction of sp³-hybridized carbons (Fsp3) is 0.522. The van der Waals surface area contributed by atoms with Gasteiger partial charge in [0.15, 0.2) is 0 Å². The van der Waals surface area contributed by atoms with E-state index in [0.717, 1.165) is 57.1 Å². The zero-order valence-corrected chi connectivity index (χ0v) is 17.7. The van der Waals surface area contributed by atoms with Crippen molar-refractivity contribution in [2.45, 2.75) is 45.3 Å². The predicted octanol–water partition coefficient (Wildman–Crippen LogP) is 2.08. The quantitative estimate of drug-likeness (QED) is 0.758. The molecule has 1 N–H and O–H groups in total. The molecule has 7 nitrogen and oxygen atoms in total. The van der Waals surface area contributed by atoms with Crippen LogP contribution >= 0.6 is 0 Å². The number of rotatable bonds is 7. The van der Waals surface area contributed by atoms with Crippen LogP contribution in [0.4, 0.5) is 0 Å². The number of nitrogens with zero attached hydrogens (tertiary/aromatic N) is 4. The van der Waals surface area contributed by atoms with Gasteiger partial charge in [0.05, 0.1) is 0 Å². The first kappa shape index (κ1) is 20.8. The third-order valence-corrected chi connectivity index (χ3v) is 5.75. The molecule has 0 aliphatic carbocycles. The summed E-state index contributed by atoms with van der Waals surface area (Å²) in [4.78, 5) is 14.6. The van der Waals surface area contributed by atoms with Gasteiger partial charge in [-0.25, -0.2) is 0 Å². The predicted molar refractivity (Wildman–Crippen MR) is 116 cm³/mol. The van der Waals surface area contributed by atoms with Gasteiger partial charge in [0.25, 0.3) is 0 Å². The Hall–Kier alpha value is -2.51. The van der Waals surface area contributed by atoms with E-state index in [1.807, 2.05) is 6.07 Å². The Morgan fingerprint density at radius 3 is 2.90 bits per heavy atom. The molecule has 2 aromatic rings. The highest BCUT2D eigenvalue weighted by atomic mass is 16.5.